The third kappa shape index (κ3) is 1.71. The highest BCUT2D eigenvalue weighted by molar-refractivity contribution is 5.79. The molecule has 16 heavy (non-hydrogen) atoms. The number of para-hydroxylation sites is 1. The minimum Gasteiger partial charge on any atom is -0.329 e. The van der Waals surface area contributed by atoms with Gasteiger partial charge in [-0.2, -0.15) is 0 Å². The standard InChI is InChI=1S/C13H19N3/c1-9(2)13-15-12-10(3)5-4-6-11(12)16(13)8-7-14/h4-6,9H,7-8,14H2,1-3H3. The average Bonchev–Trinajstić information content (AvgIpc) is 2.60. The summed E-state index contributed by atoms with van der Waals surface area (Å²) in [5, 5.41) is 0. The van der Waals surface area contributed by atoms with Gasteiger partial charge in [0.1, 0.15) is 5.82 Å². The molecule has 3 heteroatoms. The number of benzene rings is 1. The van der Waals surface area contributed by atoms with E-state index in [1.54, 1.807) is 0 Å². The second-order valence-electron chi connectivity index (χ2n) is 4.51. The summed E-state index contributed by atoms with van der Waals surface area (Å²) < 4.78 is 2.24. The Labute approximate surface area is 96.3 Å². The van der Waals surface area contributed by atoms with E-state index in [-0.39, 0.29) is 0 Å². The number of nitrogens with two attached hydrogens (primary N) is 1. The van der Waals surface area contributed by atoms with E-state index in [0.29, 0.717) is 12.5 Å². The van der Waals surface area contributed by atoms with Gasteiger partial charge < -0.3 is 10.3 Å². The van der Waals surface area contributed by atoms with Crippen molar-refractivity contribution < 1.29 is 0 Å². The molecule has 1 heterocycles. The molecule has 0 saturated carbocycles. The van der Waals surface area contributed by atoms with Crippen LogP contribution in [0.4, 0.5) is 0 Å². The molecule has 86 valence electrons. The minimum atomic E-state index is 0.429. The molecule has 0 aliphatic heterocycles. The van der Waals surface area contributed by atoms with Crippen molar-refractivity contribution in [3.8, 4) is 0 Å². The summed E-state index contributed by atoms with van der Waals surface area (Å²) in [5.41, 5.74) is 9.21. The molecule has 3 nitrogen and oxygen atoms in total. The van der Waals surface area contributed by atoms with Gasteiger partial charge in [0.05, 0.1) is 11.0 Å². The van der Waals surface area contributed by atoms with Crippen LogP contribution in [0.5, 0.6) is 0 Å². The fourth-order valence-corrected chi connectivity index (χ4v) is 2.11. The lowest BCUT2D eigenvalue weighted by Gasteiger charge is -2.09. The van der Waals surface area contributed by atoms with Crippen LogP contribution in [-0.2, 0) is 6.54 Å². The van der Waals surface area contributed by atoms with E-state index in [1.165, 1.54) is 11.1 Å². The number of imidazole rings is 1. The summed E-state index contributed by atoms with van der Waals surface area (Å²) in [6.45, 7) is 7.94. The van der Waals surface area contributed by atoms with Crippen molar-refractivity contribution in [1.29, 1.82) is 0 Å². The monoisotopic (exact) mass is 217 g/mol. The first kappa shape index (κ1) is 11.1. The zero-order chi connectivity index (χ0) is 11.7. The summed E-state index contributed by atoms with van der Waals surface area (Å²) in [7, 11) is 0. The Balaban J connectivity index is 2.70. The summed E-state index contributed by atoms with van der Waals surface area (Å²) in [5.74, 6) is 1.56. The number of hydrogen-bond donors (Lipinski definition) is 1. The largest absolute Gasteiger partial charge is 0.329 e. The highest BCUT2D eigenvalue weighted by atomic mass is 15.1. The van der Waals surface area contributed by atoms with Crippen LogP contribution in [0.1, 0.15) is 31.2 Å². The molecule has 0 saturated heterocycles. The van der Waals surface area contributed by atoms with Gasteiger partial charge in [0.25, 0.3) is 0 Å². The van der Waals surface area contributed by atoms with Crippen molar-refractivity contribution in [3.05, 3.63) is 29.6 Å². The van der Waals surface area contributed by atoms with Gasteiger partial charge in [-0.25, -0.2) is 4.98 Å². The third-order valence-electron chi connectivity index (χ3n) is 2.88. The molecule has 1 aromatic carbocycles. The van der Waals surface area contributed by atoms with Crippen molar-refractivity contribution in [2.45, 2.75) is 33.2 Å². The Morgan fingerprint density at radius 2 is 2.12 bits per heavy atom. The van der Waals surface area contributed by atoms with E-state index in [1.807, 2.05) is 0 Å². The van der Waals surface area contributed by atoms with Crippen LogP contribution in [0.25, 0.3) is 11.0 Å². The van der Waals surface area contributed by atoms with E-state index in [9.17, 15) is 0 Å². The van der Waals surface area contributed by atoms with Crippen LogP contribution in [0.3, 0.4) is 0 Å². The number of aryl methyl sites for hydroxylation is 1. The molecule has 2 aromatic rings. The maximum absolute atomic E-state index is 5.67. The summed E-state index contributed by atoms with van der Waals surface area (Å²) in [6, 6.07) is 6.31. The van der Waals surface area contributed by atoms with Crippen LogP contribution in [0.15, 0.2) is 18.2 Å². The fraction of sp³-hybridized carbons (Fsp3) is 0.462. The summed E-state index contributed by atoms with van der Waals surface area (Å²) >= 11 is 0. The molecule has 0 aliphatic carbocycles. The van der Waals surface area contributed by atoms with Gasteiger partial charge in [-0.3, -0.25) is 0 Å². The fourth-order valence-electron chi connectivity index (χ4n) is 2.11. The maximum Gasteiger partial charge on any atom is 0.112 e. The number of nitrogens with zero attached hydrogens (tertiary/aromatic N) is 2. The normalized spacial score (nSPS) is 11.6. The number of rotatable bonds is 3. The quantitative estimate of drug-likeness (QED) is 0.858. The Morgan fingerprint density at radius 3 is 2.75 bits per heavy atom. The van der Waals surface area contributed by atoms with Gasteiger partial charge in [0, 0.05) is 19.0 Å². The van der Waals surface area contributed by atoms with Gasteiger partial charge in [-0.1, -0.05) is 26.0 Å². The summed E-state index contributed by atoms with van der Waals surface area (Å²) in [4.78, 5) is 4.74. The Kier molecular flexibility index (Phi) is 2.97. The first-order valence-electron chi connectivity index (χ1n) is 5.81. The first-order chi connectivity index (χ1) is 7.65. The lowest BCUT2D eigenvalue weighted by Crippen LogP contribution is -2.13. The molecular formula is C13H19N3. The molecule has 0 atom stereocenters. The molecule has 2 rings (SSSR count). The van der Waals surface area contributed by atoms with E-state index >= 15 is 0 Å². The second-order valence-corrected chi connectivity index (χ2v) is 4.51. The minimum absolute atomic E-state index is 0.429. The highest BCUT2D eigenvalue weighted by Gasteiger charge is 2.13. The van der Waals surface area contributed by atoms with E-state index in [2.05, 4.69) is 43.5 Å². The molecule has 0 bridgehead atoms. The van der Waals surface area contributed by atoms with Gasteiger partial charge in [0.15, 0.2) is 0 Å². The maximum atomic E-state index is 5.67. The molecule has 0 fully saturated rings. The predicted molar refractivity (Wildman–Crippen MR) is 67.6 cm³/mol. The van der Waals surface area contributed by atoms with Gasteiger partial charge in [-0.05, 0) is 18.6 Å². The molecule has 0 radical (unpaired) electrons. The predicted octanol–water partition coefficient (Wildman–Crippen LogP) is 2.43. The lowest BCUT2D eigenvalue weighted by atomic mass is 10.2. The second kappa shape index (κ2) is 4.26. The van der Waals surface area contributed by atoms with Crippen molar-refractivity contribution in [2.24, 2.45) is 5.73 Å². The van der Waals surface area contributed by atoms with Crippen LogP contribution < -0.4 is 5.73 Å². The van der Waals surface area contributed by atoms with Crippen LogP contribution >= 0.6 is 0 Å². The molecule has 0 amide bonds. The Hall–Kier alpha value is -1.35. The van der Waals surface area contributed by atoms with Crippen molar-refractivity contribution in [1.82, 2.24) is 9.55 Å². The van der Waals surface area contributed by atoms with E-state index in [4.69, 9.17) is 10.7 Å². The van der Waals surface area contributed by atoms with E-state index < -0.39 is 0 Å². The topological polar surface area (TPSA) is 43.8 Å². The Bertz CT molecular complexity index is 497. The van der Waals surface area contributed by atoms with Crippen molar-refractivity contribution in [3.63, 3.8) is 0 Å². The molecule has 0 spiro atoms. The van der Waals surface area contributed by atoms with E-state index in [0.717, 1.165) is 17.9 Å². The van der Waals surface area contributed by atoms with Gasteiger partial charge in [0.2, 0.25) is 0 Å². The zero-order valence-corrected chi connectivity index (χ0v) is 10.2. The first-order valence-corrected chi connectivity index (χ1v) is 5.81. The van der Waals surface area contributed by atoms with Crippen molar-refractivity contribution >= 4 is 11.0 Å². The molecular weight excluding hydrogens is 198 g/mol. The lowest BCUT2D eigenvalue weighted by molar-refractivity contribution is 0.641. The van der Waals surface area contributed by atoms with Gasteiger partial charge in [-0.15, -0.1) is 0 Å². The Morgan fingerprint density at radius 1 is 1.38 bits per heavy atom. The molecule has 0 unspecified atom stereocenters. The average molecular weight is 217 g/mol. The van der Waals surface area contributed by atoms with Gasteiger partial charge >= 0.3 is 0 Å². The van der Waals surface area contributed by atoms with Crippen LogP contribution in [-0.4, -0.2) is 16.1 Å². The number of hydrogen-bond acceptors (Lipinski definition) is 2. The molecule has 2 N–H and O–H groups in total. The summed E-state index contributed by atoms with van der Waals surface area (Å²) in [6.07, 6.45) is 0. The van der Waals surface area contributed by atoms with Crippen LogP contribution in [0, 0.1) is 6.92 Å². The van der Waals surface area contributed by atoms with Crippen LogP contribution in [0.2, 0.25) is 0 Å². The SMILES string of the molecule is Cc1cccc2c1nc(C(C)C)n2CCN. The number of fused-ring (bicyclic) bond motifs is 1. The third-order valence-corrected chi connectivity index (χ3v) is 2.88. The number of aromatic nitrogens is 2. The van der Waals surface area contributed by atoms with Crippen molar-refractivity contribution in [2.75, 3.05) is 6.54 Å². The highest BCUT2D eigenvalue weighted by Crippen LogP contribution is 2.23. The smallest absolute Gasteiger partial charge is 0.112 e. The molecule has 0 aliphatic rings. The zero-order valence-electron chi connectivity index (χ0n) is 10.2. The molecule has 1 aromatic heterocycles.